The van der Waals surface area contributed by atoms with Gasteiger partial charge in [0.25, 0.3) is 0 Å². The lowest BCUT2D eigenvalue weighted by molar-refractivity contribution is 0.0776. The molecule has 8 nitrogen and oxygen atoms in total. The summed E-state index contributed by atoms with van der Waals surface area (Å²) in [6, 6.07) is 17.8. The topological polar surface area (TPSA) is 110 Å². The molecular weight excluding hydrogens is 464 g/mol. The number of fused-ring (bicyclic) bond motifs is 3. The molecule has 2 aromatic carbocycles. The minimum atomic E-state index is 0.250. The lowest BCUT2D eigenvalue weighted by atomic mass is 10.1. The zero-order valence-corrected chi connectivity index (χ0v) is 22.0. The Morgan fingerprint density at radius 2 is 1.81 bits per heavy atom. The molecule has 0 bridgehead atoms. The summed E-state index contributed by atoms with van der Waals surface area (Å²) >= 11 is 0. The Kier molecular flexibility index (Phi) is 9.71. The maximum absolute atomic E-state index is 7.57. The van der Waals surface area contributed by atoms with Crippen molar-refractivity contribution in [2.24, 2.45) is 0 Å². The van der Waals surface area contributed by atoms with E-state index < -0.39 is 0 Å². The molecule has 3 heterocycles. The molecule has 198 valence electrons. The molecule has 1 aliphatic heterocycles. The Morgan fingerprint density at radius 3 is 2.59 bits per heavy atom. The Bertz CT molecular complexity index is 1280. The molecular formula is C29H40N6O2. The van der Waals surface area contributed by atoms with Crippen LogP contribution in [-0.4, -0.2) is 52.0 Å². The molecule has 1 aliphatic rings. The van der Waals surface area contributed by atoms with Gasteiger partial charge >= 0.3 is 0 Å². The molecule has 0 atom stereocenters. The first-order valence-electron chi connectivity index (χ1n) is 13.4. The van der Waals surface area contributed by atoms with Gasteiger partial charge in [0.2, 0.25) is 5.95 Å². The number of para-hydroxylation sites is 1. The molecule has 1 saturated heterocycles. The lowest BCUT2D eigenvalue weighted by Gasteiger charge is -2.23. The number of nitrogens with two attached hydrogens (primary N) is 1. The van der Waals surface area contributed by atoms with Crippen molar-refractivity contribution in [3.05, 3.63) is 59.7 Å². The van der Waals surface area contributed by atoms with Gasteiger partial charge in [-0.2, -0.15) is 4.98 Å². The highest BCUT2D eigenvalue weighted by Gasteiger charge is 2.18. The zero-order valence-electron chi connectivity index (χ0n) is 22.0. The monoisotopic (exact) mass is 504 g/mol. The van der Waals surface area contributed by atoms with Crippen molar-refractivity contribution in [3.63, 3.8) is 0 Å². The van der Waals surface area contributed by atoms with E-state index in [1.165, 1.54) is 11.1 Å². The summed E-state index contributed by atoms with van der Waals surface area (Å²) in [5.41, 5.74) is 11.7. The van der Waals surface area contributed by atoms with Gasteiger partial charge in [-0.15, -0.1) is 0 Å². The van der Waals surface area contributed by atoms with Crippen LogP contribution < -0.4 is 16.4 Å². The summed E-state index contributed by atoms with van der Waals surface area (Å²) in [6.45, 7) is 8.29. The fraction of sp³-hybridized carbons (Fsp3) is 0.448. The second-order valence-electron chi connectivity index (χ2n) is 9.41. The second kappa shape index (κ2) is 13.4. The van der Waals surface area contributed by atoms with Crippen LogP contribution >= 0.6 is 0 Å². The van der Waals surface area contributed by atoms with Crippen LogP contribution in [0.25, 0.3) is 21.9 Å². The van der Waals surface area contributed by atoms with Crippen molar-refractivity contribution in [1.29, 1.82) is 0 Å². The summed E-state index contributed by atoms with van der Waals surface area (Å²) in [5, 5.41) is 15.9. The van der Waals surface area contributed by atoms with Gasteiger partial charge in [-0.3, -0.25) is 0 Å². The smallest absolute Gasteiger partial charge is 0.222 e. The van der Waals surface area contributed by atoms with Gasteiger partial charge in [0, 0.05) is 50.9 Å². The van der Waals surface area contributed by atoms with Crippen LogP contribution in [0.4, 0.5) is 11.8 Å². The van der Waals surface area contributed by atoms with Crippen LogP contribution in [0.15, 0.2) is 48.5 Å². The first-order valence-corrected chi connectivity index (χ1v) is 13.4. The third-order valence-corrected chi connectivity index (χ3v) is 6.59. The van der Waals surface area contributed by atoms with Crippen LogP contribution in [-0.2, 0) is 17.8 Å². The normalized spacial score (nSPS) is 14.0. The SMILES string of the molecule is CCCCNc1nc(N)nc2c3ccccc3n(Cc3cccc(CNC4CCOCC4)c3)c12.CCO. The number of rotatable bonds is 9. The average molecular weight is 505 g/mol. The molecule has 0 radical (unpaired) electrons. The molecule has 0 amide bonds. The van der Waals surface area contributed by atoms with Gasteiger partial charge in [-0.05, 0) is 43.4 Å². The fourth-order valence-electron chi connectivity index (χ4n) is 4.80. The molecule has 0 spiro atoms. The van der Waals surface area contributed by atoms with Crippen molar-refractivity contribution < 1.29 is 9.84 Å². The third kappa shape index (κ3) is 6.77. The first kappa shape index (κ1) is 26.9. The first-order chi connectivity index (χ1) is 18.1. The number of nitrogens with one attached hydrogen (secondary N) is 2. The van der Waals surface area contributed by atoms with Crippen LogP contribution in [0, 0.1) is 0 Å². The van der Waals surface area contributed by atoms with Crippen LogP contribution in [0.3, 0.4) is 0 Å². The number of ether oxygens (including phenoxy) is 1. The van der Waals surface area contributed by atoms with Gasteiger partial charge in [-0.25, -0.2) is 4.98 Å². The van der Waals surface area contributed by atoms with Crippen LogP contribution in [0.5, 0.6) is 0 Å². The highest BCUT2D eigenvalue weighted by molar-refractivity contribution is 6.09. The maximum atomic E-state index is 7.57. The van der Waals surface area contributed by atoms with Crippen molar-refractivity contribution in [1.82, 2.24) is 19.9 Å². The van der Waals surface area contributed by atoms with E-state index in [0.717, 1.165) is 86.3 Å². The van der Waals surface area contributed by atoms with Crippen LogP contribution in [0.2, 0.25) is 0 Å². The van der Waals surface area contributed by atoms with Gasteiger partial charge in [0.15, 0.2) is 5.82 Å². The van der Waals surface area contributed by atoms with Gasteiger partial charge in [0.1, 0.15) is 11.0 Å². The van der Waals surface area contributed by atoms with Gasteiger partial charge < -0.3 is 30.8 Å². The third-order valence-electron chi connectivity index (χ3n) is 6.59. The lowest BCUT2D eigenvalue weighted by Crippen LogP contribution is -2.34. The number of aliphatic hydroxyl groups is 1. The van der Waals surface area contributed by atoms with Crippen molar-refractivity contribution in [3.8, 4) is 0 Å². The van der Waals surface area contributed by atoms with E-state index in [9.17, 15) is 0 Å². The number of hydrogen-bond acceptors (Lipinski definition) is 7. The number of nitrogens with zero attached hydrogens (tertiary/aromatic N) is 3. The number of hydrogen-bond donors (Lipinski definition) is 4. The van der Waals surface area contributed by atoms with E-state index in [4.69, 9.17) is 15.6 Å². The second-order valence-corrected chi connectivity index (χ2v) is 9.41. The molecule has 0 unspecified atom stereocenters. The largest absolute Gasteiger partial charge is 0.397 e. The van der Waals surface area contributed by atoms with E-state index in [1.54, 1.807) is 6.92 Å². The summed E-state index contributed by atoms with van der Waals surface area (Å²) in [5.74, 6) is 1.11. The Hall–Kier alpha value is -3.20. The molecule has 5 rings (SSSR count). The van der Waals surface area contributed by atoms with Crippen molar-refractivity contribution >= 4 is 33.7 Å². The molecule has 2 aromatic heterocycles. The highest BCUT2D eigenvalue weighted by Crippen LogP contribution is 2.33. The highest BCUT2D eigenvalue weighted by atomic mass is 16.5. The molecule has 8 heteroatoms. The Labute approximate surface area is 219 Å². The number of aliphatic hydroxyl groups excluding tert-OH is 1. The zero-order chi connectivity index (χ0) is 26.0. The Morgan fingerprint density at radius 1 is 1.05 bits per heavy atom. The van der Waals surface area contributed by atoms with E-state index in [2.05, 4.69) is 80.6 Å². The van der Waals surface area contributed by atoms with Gasteiger partial charge in [-0.1, -0.05) is 55.8 Å². The van der Waals surface area contributed by atoms with E-state index in [1.807, 2.05) is 0 Å². The van der Waals surface area contributed by atoms with E-state index >= 15 is 0 Å². The molecule has 37 heavy (non-hydrogen) atoms. The van der Waals surface area contributed by atoms with Crippen molar-refractivity contribution in [2.45, 2.75) is 58.7 Å². The predicted octanol–water partition coefficient (Wildman–Crippen LogP) is 4.69. The minimum Gasteiger partial charge on any atom is -0.397 e. The standard InChI is InChI=1S/C27H34N6O.C2H6O/c1-2-3-13-29-26-25-24(31-27(28)32-26)22-9-4-5-10-23(22)33(25)18-20-8-6-7-19(16-20)17-30-21-11-14-34-15-12-21;1-2-3/h4-10,16,21,30H,2-3,11-15,17-18H2,1H3,(H3,28,29,31,32);3H,2H2,1H3. The summed E-state index contributed by atoms with van der Waals surface area (Å²) < 4.78 is 7.80. The van der Waals surface area contributed by atoms with Crippen molar-refractivity contribution in [2.75, 3.05) is 37.4 Å². The number of unbranched alkanes of at least 4 members (excludes halogenated alkanes) is 1. The molecule has 4 aromatic rings. The number of anilines is 2. The summed E-state index contributed by atoms with van der Waals surface area (Å²) in [7, 11) is 0. The van der Waals surface area contributed by atoms with E-state index in [0.29, 0.717) is 12.0 Å². The maximum Gasteiger partial charge on any atom is 0.222 e. The van der Waals surface area contributed by atoms with E-state index in [-0.39, 0.29) is 6.61 Å². The molecule has 5 N–H and O–H groups in total. The summed E-state index contributed by atoms with van der Waals surface area (Å²) in [4.78, 5) is 9.22. The fourth-order valence-corrected chi connectivity index (χ4v) is 4.80. The summed E-state index contributed by atoms with van der Waals surface area (Å²) in [6.07, 6.45) is 4.36. The molecule has 0 saturated carbocycles. The van der Waals surface area contributed by atoms with Crippen LogP contribution in [0.1, 0.15) is 50.7 Å². The molecule has 0 aliphatic carbocycles. The molecule has 1 fully saturated rings. The quantitative estimate of drug-likeness (QED) is 0.245. The van der Waals surface area contributed by atoms with Gasteiger partial charge in [0.05, 0.1) is 5.52 Å². The average Bonchev–Trinajstić information content (AvgIpc) is 3.22. The minimum absolute atomic E-state index is 0.250. The Balaban J connectivity index is 0.00000102. The number of aromatic nitrogens is 3. The number of benzene rings is 2. The number of nitrogen functional groups attached to an aromatic ring is 1. The predicted molar refractivity (Wildman–Crippen MR) is 152 cm³/mol.